The molecule has 3 N–H and O–H groups in total. The number of hydrogen-bond acceptors (Lipinski definition) is 5. The molecule has 0 aromatic carbocycles. The Morgan fingerprint density at radius 2 is 1.96 bits per heavy atom. The number of primary amides is 1. The van der Waals surface area contributed by atoms with Gasteiger partial charge in [-0.2, -0.15) is 0 Å². The highest BCUT2D eigenvalue weighted by molar-refractivity contribution is 7.14. The number of thiophene rings is 1. The fourth-order valence-electron chi connectivity index (χ4n) is 2.16. The third-order valence-electron chi connectivity index (χ3n) is 3.30. The Morgan fingerprint density at radius 3 is 2.43 bits per heavy atom. The van der Waals surface area contributed by atoms with E-state index in [1.807, 2.05) is 18.3 Å². The molecule has 23 heavy (non-hydrogen) atoms. The molecule has 0 radical (unpaired) electrons. The third kappa shape index (κ3) is 5.35. The second kappa shape index (κ2) is 8.67. The van der Waals surface area contributed by atoms with E-state index in [4.69, 9.17) is 10.5 Å². The van der Waals surface area contributed by atoms with E-state index in [9.17, 15) is 14.4 Å². The van der Waals surface area contributed by atoms with E-state index >= 15 is 0 Å². The lowest BCUT2D eigenvalue weighted by molar-refractivity contribution is -0.130. The Labute approximate surface area is 140 Å². The number of carbonyl (C=O) groups is 3. The summed E-state index contributed by atoms with van der Waals surface area (Å²) >= 11 is 1.40. The molecule has 7 heteroatoms. The van der Waals surface area contributed by atoms with Gasteiger partial charge in [-0.05, 0) is 30.4 Å². The van der Waals surface area contributed by atoms with Crippen LogP contribution in [0.3, 0.4) is 0 Å². The largest absolute Gasteiger partial charge is 0.448 e. The molecule has 0 saturated carbocycles. The number of rotatable bonds is 7. The standard InChI is InChI=1S/C16H24N2O4S/c1-5-7-11-10(6-2)8-12(23-11)15(20)22-13(9(3)4)14(19)18-16(17)21/h8-9,13H,5-7H2,1-4H3,(H3,17,18,19,21)/t13-/m1/s1. The van der Waals surface area contributed by atoms with Gasteiger partial charge in [0.2, 0.25) is 0 Å². The Kier molecular flexibility index (Phi) is 7.22. The third-order valence-corrected chi connectivity index (χ3v) is 4.52. The van der Waals surface area contributed by atoms with Crippen molar-refractivity contribution in [1.82, 2.24) is 5.32 Å². The number of carbonyl (C=O) groups excluding carboxylic acids is 3. The van der Waals surface area contributed by atoms with Crippen LogP contribution >= 0.6 is 11.3 Å². The van der Waals surface area contributed by atoms with Gasteiger partial charge < -0.3 is 10.5 Å². The van der Waals surface area contributed by atoms with Crippen LogP contribution < -0.4 is 11.1 Å². The smallest absolute Gasteiger partial charge is 0.349 e. The van der Waals surface area contributed by atoms with Gasteiger partial charge in [-0.15, -0.1) is 11.3 Å². The van der Waals surface area contributed by atoms with E-state index in [1.54, 1.807) is 13.8 Å². The number of hydrogen-bond donors (Lipinski definition) is 2. The average Bonchev–Trinajstić information content (AvgIpc) is 2.86. The molecule has 6 nitrogen and oxygen atoms in total. The average molecular weight is 340 g/mol. The van der Waals surface area contributed by atoms with Crippen LogP contribution in [-0.4, -0.2) is 24.0 Å². The fraction of sp³-hybridized carbons (Fsp3) is 0.562. The Morgan fingerprint density at radius 1 is 1.30 bits per heavy atom. The fourth-order valence-corrected chi connectivity index (χ4v) is 3.40. The molecule has 3 amide bonds. The van der Waals surface area contributed by atoms with Crippen LogP contribution in [0.25, 0.3) is 0 Å². The zero-order chi connectivity index (χ0) is 17.6. The number of amides is 3. The zero-order valence-corrected chi connectivity index (χ0v) is 14.8. The molecule has 1 heterocycles. The summed E-state index contributed by atoms with van der Waals surface area (Å²) in [6.07, 6.45) is 1.69. The maximum Gasteiger partial charge on any atom is 0.349 e. The lowest BCUT2D eigenvalue weighted by atomic mass is 10.1. The topological polar surface area (TPSA) is 98.5 Å². The van der Waals surface area contributed by atoms with Crippen LogP contribution in [0.15, 0.2) is 6.07 Å². The van der Waals surface area contributed by atoms with Crippen molar-refractivity contribution in [2.75, 3.05) is 0 Å². The van der Waals surface area contributed by atoms with E-state index in [1.165, 1.54) is 16.2 Å². The normalized spacial score (nSPS) is 12.0. The van der Waals surface area contributed by atoms with E-state index in [-0.39, 0.29) is 5.92 Å². The van der Waals surface area contributed by atoms with Gasteiger partial charge in [0.15, 0.2) is 6.10 Å². The minimum atomic E-state index is -1.06. The van der Waals surface area contributed by atoms with Crippen molar-refractivity contribution in [3.63, 3.8) is 0 Å². The maximum absolute atomic E-state index is 12.3. The number of ether oxygens (including phenoxy) is 1. The first-order chi connectivity index (χ1) is 10.8. The number of imide groups is 1. The lowest BCUT2D eigenvalue weighted by Crippen LogP contribution is -2.45. The van der Waals surface area contributed by atoms with Crippen LogP contribution in [0, 0.1) is 5.92 Å². The van der Waals surface area contributed by atoms with Crippen LogP contribution in [0.2, 0.25) is 0 Å². The Hall–Kier alpha value is -1.89. The number of esters is 1. The lowest BCUT2D eigenvalue weighted by Gasteiger charge is -2.19. The molecule has 0 saturated heterocycles. The van der Waals surface area contributed by atoms with Crippen molar-refractivity contribution in [2.45, 2.75) is 53.1 Å². The first-order valence-electron chi connectivity index (χ1n) is 7.72. The second-order valence-corrected chi connectivity index (χ2v) is 6.72. The molecule has 0 fully saturated rings. The predicted octanol–water partition coefficient (Wildman–Crippen LogP) is 2.64. The van der Waals surface area contributed by atoms with E-state index in [0.717, 1.165) is 24.8 Å². The Bertz CT molecular complexity index is 581. The molecular formula is C16H24N2O4S. The molecule has 1 aromatic heterocycles. The van der Waals surface area contributed by atoms with Crippen molar-refractivity contribution in [3.05, 3.63) is 21.4 Å². The van der Waals surface area contributed by atoms with Crippen molar-refractivity contribution in [2.24, 2.45) is 11.7 Å². The quantitative estimate of drug-likeness (QED) is 0.745. The zero-order valence-electron chi connectivity index (χ0n) is 14.0. The predicted molar refractivity (Wildman–Crippen MR) is 89.5 cm³/mol. The van der Waals surface area contributed by atoms with Crippen molar-refractivity contribution in [3.8, 4) is 0 Å². The van der Waals surface area contributed by atoms with Crippen LogP contribution in [-0.2, 0) is 22.4 Å². The summed E-state index contributed by atoms with van der Waals surface area (Å²) in [5.41, 5.74) is 6.07. The SMILES string of the molecule is CCCc1sc(C(=O)O[C@@H](C(=O)NC(N)=O)C(C)C)cc1CC. The van der Waals surface area contributed by atoms with Crippen LogP contribution in [0.1, 0.15) is 54.2 Å². The monoisotopic (exact) mass is 340 g/mol. The molecule has 1 aromatic rings. The molecule has 0 unspecified atom stereocenters. The van der Waals surface area contributed by atoms with Gasteiger partial charge in [-0.1, -0.05) is 34.1 Å². The van der Waals surface area contributed by atoms with Gasteiger partial charge >= 0.3 is 12.0 Å². The highest BCUT2D eigenvalue weighted by Crippen LogP contribution is 2.26. The van der Waals surface area contributed by atoms with Gasteiger partial charge in [0.1, 0.15) is 4.88 Å². The van der Waals surface area contributed by atoms with Crippen molar-refractivity contribution >= 4 is 29.2 Å². The van der Waals surface area contributed by atoms with Gasteiger partial charge in [-0.25, -0.2) is 9.59 Å². The summed E-state index contributed by atoms with van der Waals surface area (Å²) in [6.45, 7) is 7.58. The van der Waals surface area contributed by atoms with Crippen molar-refractivity contribution in [1.29, 1.82) is 0 Å². The molecule has 0 bridgehead atoms. The highest BCUT2D eigenvalue weighted by Gasteiger charge is 2.28. The maximum atomic E-state index is 12.3. The minimum absolute atomic E-state index is 0.279. The number of nitrogens with two attached hydrogens (primary N) is 1. The number of urea groups is 1. The molecule has 1 rings (SSSR count). The number of aryl methyl sites for hydroxylation is 2. The summed E-state index contributed by atoms with van der Waals surface area (Å²) in [4.78, 5) is 36.7. The van der Waals surface area contributed by atoms with Crippen LogP contribution in [0.4, 0.5) is 4.79 Å². The first kappa shape index (κ1) is 19.2. The Balaban J connectivity index is 2.90. The van der Waals surface area contributed by atoms with Gasteiger partial charge in [0.05, 0.1) is 0 Å². The summed E-state index contributed by atoms with van der Waals surface area (Å²) in [7, 11) is 0. The summed E-state index contributed by atoms with van der Waals surface area (Å²) in [6, 6.07) is 0.854. The summed E-state index contributed by atoms with van der Waals surface area (Å²) in [5.74, 6) is -1.54. The van der Waals surface area contributed by atoms with E-state index in [0.29, 0.717) is 4.88 Å². The van der Waals surface area contributed by atoms with Crippen molar-refractivity contribution < 1.29 is 19.1 Å². The summed E-state index contributed by atoms with van der Waals surface area (Å²) < 4.78 is 5.30. The summed E-state index contributed by atoms with van der Waals surface area (Å²) in [5, 5.41) is 1.96. The molecule has 0 aliphatic rings. The van der Waals surface area contributed by atoms with E-state index < -0.39 is 24.0 Å². The van der Waals surface area contributed by atoms with Gasteiger partial charge in [-0.3, -0.25) is 10.1 Å². The molecule has 0 spiro atoms. The minimum Gasteiger partial charge on any atom is -0.448 e. The molecular weight excluding hydrogens is 316 g/mol. The van der Waals surface area contributed by atoms with E-state index in [2.05, 4.69) is 6.92 Å². The molecule has 1 atom stereocenters. The molecule has 0 aliphatic heterocycles. The van der Waals surface area contributed by atoms with Crippen LogP contribution in [0.5, 0.6) is 0 Å². The first-order valence-corrected chi connectivity index (χ1v) is 8.54. The number of nitrogens with one attached hydrogen (secondary N) is 1. The molecule has 0 aliphatic carbocycles. The second-order valence-electron chi connectivity index (χ2n) is 5.59. The van der Waals surface area contributed by atoms with Gasteiger partial charge in [0, 0.05) is 4.88 Å². The highest BCUT2D eigenvalue weighted by atomic mass is 32.1. The molecule has 128 valence electrons. The van der Waals surface area contributed by atoms with Gasteiger partial charge in [0.25, 0.3) is 5.91 Å².